The summed E-state index contributed by atoms with van der Waals surface area (Å²) in [6.07, 6.45) is 4.06. The van der Waals surface area contributed by atoms with E-state index in [4.69, 9.17) is 5.73 Å². The van der Waals surface area contributed by atoms with Gasteiger partial charge in [0.15, 0.2) is 9.84 Å². The second-order valence-electron chi connectivity index (χ2n) is 5.78. The number of amides is 1. The van der Waals surface area contributed by atoms with Crippen molar-refractivity contribution in [1.82, 2.24) is 5.32 Å². The summed E-state index contributed by atoms with van der Waals surface area (Å²) in [7, 11) is -3.18. The van der Waals surface area contributed by atoms with Gasteiger partial charge in [0.25, 0.3) is 0 Å². The van der Waals surface area contributed by atoms with Crippen LogP contribution in [0.15, 0.2) is 0 Å². The Bertz CT molecular complexity index is 404. The number of hydrogen-bond donors (Lipinski definition) is 2. The Morgan fingerprint density at radius 1 is 1.39 bits per heavy atom. The van der Waals surface area contributed by atoms with Gasteiger partial charge in [-0.2, -0.15) is 0 Å². The molecule has 0 aromatic heterocycles. The molecule has 1 rings (SSSR count). The van der Waals surface area contributed by atoms with Crippen LogP contribution in [-0.4, -0.2) is 38.4 Å². The van der Waals surface area contributed by atoms with Crippen LogP contribution in [0.5, 0.6) is 0 Å². The van der Waals surface area contributed by atoms with Crippen molar-refractivity contribution in [2.75, 3.05) is 19.3 Å². The molecule has 2 atom stereocenters. The first-order valence-corrected chi connectivity index (χ1v) is 8.25. The maximum Gasteiger partial charge on any atom is 0.223 e. The number of hydrogen-bond acceptors (Lipinski definition) is 4. The number of carbonyl (C=O) groups excluding carboxylic acids is 1. The monoisotopic (exact) mass is 276 g/mol. The summed E-state index contributed by atoms with van der Waals surface area (Å²) in [5, 5.41) is 2.76. The molecule has 18 heavy (non-hydrogen) atoms. The summed E-state index contributed by atoms with van der Waals surface area (Å²) >= 11 is 0. The Morgan fingerprint density at radius 2 is 2.00 bits per heavy atom. The lowest BCUT2D eigenvalue weighted by molar-refractivity contribution is -0.126. The van der Waals surface area contributed by atoms with E-state index in [9.17, 15) is 13.2 Å². The van der Waals surface area contributed by atoms with Gasteiger partial charge >= 0.3 is 0 Å². The van der Waals surface area contributed by atoms with Crippen LogP contribution in [0.25, 0.3) is 0 Å². The second kappa shape index (κ2) is 5.57. The maximum absolute atomic E-state index is 12.0. The molecule has 1 fully saturated rings. The van der Waals surface area contributed by atoms with Crippen LogP contribution < -0.4 is 11.1 Å². The normalized spacial score (nSPS) is 25.1. The van der Waals surface area contributed by atoms with Crippen LogP contribution in [0.1, 0.15) is 33.1 Å². The summed E-state index contributed by atoms with van der Waals surface area (Å²) in [5.74, 6) is 0.136. The molecule has 1 amide bonds. The SMILES string of the molecule is CC(C)(CNC(=O)C1CCCC1CN)S(C)(=O)=O. The number of rotatable bonds is 5. The van der Waals surface area contributed by atoms with Gasteiger partial charge in [0, 0.05) is 18.7 Å². The average Bonchev–Trinajstić information content (AvgIpc) is 2.72. The van der Waals surface area contributed by atoms with E-state index in [0.29, 0.717) is 6.54 Å². The van der Waals surface area contributed by atoms with Crippen LogP contribution in [-0.2, 0) is 14.6 Å². The highest BCUT2D eigenvalue weighted by atomic mass is 32.2. The Kier molecular flexibility index (Phi) is 4.78. The third-order valence-corrected chi connectivity index (χ3v) is 6.14. The Labute approximate surface area is 109 Å². The molecule has 0 saturated heterocycles. The van der Waals surface area contributed by atoms with E-state index in [1.54, 1.807) is 13.8 Å². The molecule has 0 aliphatic heterocycles. The molecular formula is C12H24N2O3S. The van der Waals surface area contributed by atoms with Gasteiger partial charge in [0.2, 0.25) is 5.91 Å². The van der Waals surface area contributed by atoms with E-state index in [-0.39, 0.29) is 24.3 Å². The molecule has 3 N–H and O–H groups in total. The maximum atomic E-state index is 12.0. The fourth-order valence-electron chi connectivity index (χ4n) is 2.23. The molecule has 0 aromatic carbocycles. The van der Waals surface area contributed by atoms with Gasteiger partial charge in [0.05, 0.1) is 4.75 Å². The lowest BCUT2D eigenvalue weighted by Gasteiger charge is -2.25. The quantitative estimate of drug-likeness (QED) is 0.756. The minimum Gasteiger partial charge on any atom is -0.354 e. The van der Waals surface area contributed by atoms with Crippen molar-refractivity contribution in [3.63, 3.8) is 0 Å². The summed E-state index contributed by atoms with van der Waals surface area (Å²) in [5.41, 5.74) is 5.64. The first-order valence-electron chi connectivity index (χ1n) is 6.36. The zero-order chi connectivity index (χ0) is 14.0. The van der Waals surface area contributed by atoms with Gasteiger partial charge in [-0.05, 0) is 39.2 Å². The van der Waals surface area contributed by atoms with Crippen LogP contribution in [0.4, 0.5) is 0 Å². The van der Waals surface area contributed by atoms with Crippen molar-refractivity contribution in [2.24, 2.45) is 17.6 Å². The second-order valence-corrected chi connectivity index (χ2v) is 8.43. The highest BCUT2D eigenvalue weighted by Crippen LogP contribution is 2.31. The highest BCUT2D eigenvalue weighted by Gasteiger charge is 2.35. The summed E-state index contributed by atoms with van der Waals surface area (Å²) in [6, 6.07) is 0. The number of carbonyl (C=O) groups is 1. The molecule has 1 aliphatic carbocycles. The smallest absolute Gasteiger partial charge is 0.223 e. The third-order valence-electron chi connectivity index (χ3n) is 3.99. The Morgan fingerprint density at radius 3 is 2.50 bits per heavy atom. The molecule has 6 heteroatoms. The van der Waals surface area contributed by atoms with Crippen molar-refractivity contribution >= 4 is 15.7 Å². The minimum atomic E-state index is -3.18. The van der Waals surface area contributed by atoms with E-state index < -0.39 is 14.6 Å². The minimum absolute atomic E-state index is 0.0506. The van der Waals surface area contributed by atoms with Gasteiger partial charge in [-0.25, -0.2) is 8.42 Å². The third kappa shape index (κ3) is 3.45. The molecule has 0 aromatic rings. The first-order chi connectivity index (χ1) is 8.19. The lowest BCUT2D eigenvalue weighted by atomic mass is 9.95. The molecule has 106 valence electrons. The van der Waals surface area contributed by atoms with Crippen molar-refractivity contribution in [3.8, 4) is 0 Å². The molecule has 1 saturated carbocycles. The van der Waals surface area contributed by atoms with Gasteiger partial charge < -0.3 is 11.1 Å². The average molecular weight is 276 g/mol. The van der Waals surface area contributed by atoms with Crippen LogP contribution >= 0.6 is 0 Å². The van der Waals surface area contributed by atoms with Crippen LogP contribution in [0.2, 0.25) is 0 Å². The van der Waals surface area contributed by atoms with Crippen molar-refractivity contribution in [2.45, 2.75) is 37.9 Å². The van der Waals surface area contributed by atoms with Crippen molar-refractivity contribution < 1.29 is 13.2 Å². The van der Waals surface area contributed by atoms with Gasteiger partial charge in [0.1, 0.15) is 0 Å². The van der Waals surface area contributed by atoms with E-state index in [1.165, 1.54) is 6.26 Å². The fraction of sp³-hybridized carbons (Fsp3) is 0.917. The van der Waals surface area contributed by atoms with Gasteiger partial charge in [-0.15, -0.1) is 0 Å². The zero-order valence-corrected chi connectivity index (χ0v) is 12.2. The molecule has 0 radical (unpaired) electrons. The van der Waals surface area contributed by atoms with Gasteiger partial charge in [-0.1, -0.05) is 6.42 Å². The predicted molar refractivity (Wildman–Crippen MR) is 71.8 cm³/mol. The van der Waals surface area contributed by atoms with E-state index in [0.717, 1.165) is 19.3 Å². The van der Waals surface area contributed by atoms with E-state index >= 15 is 0 Å². The molecule has 2 unspecified atom stereocenters. The van der Waals surface area contributed by atoms with Crippen molar-refractivity contribution in [3.05, 3.63) is 0 Å². The largest absolute Gasteiger partial charge is 0.354 e. The fourth-order valence-corrected chi connectivity index (χ4v) is 2.56. The van der Waals surface area contributed by atoms with Gasteiger partial charge in [-0.3, -0.25) is 4.79 Å². The molecule has 0 bridgehead atoms. The lowest BCUT2D eigenvalue weighted by Crippen LogP contribution is -2.46. The number of nitrogens with two attached hydrogens (primary N) is 1. The van der Waals surface area contributed by atoms with E-state index in [2.05, 4.69) is 5.32 Å². The summed E-state index contributed by atoms with van der Waals surface area (Å²) in [4.78, 5) is 12.0. The zero-order valence-electron chi connectivity index (χ0n) is 11.4. The predicted octanol–water partition coefficient (Wildman–Crippen LogP) is 0.301. The Hall–Kier alpha value is -0.620. The molecule has 5 nitrogen and oxygen atoms in total. The van der Waals surface area contributed by atoms with Crippen molar-refractivity contribution in [1.29, 1.82) is 0 Å². The number of sulfone groups is 1. The first kappa shape index (κ1) is 15.4. The molecular weight excluding hydrogens is 252 g/mol. The summed E-state index contributed by atoms with van der Waals surface area (Å²) < 4.78 is 22.1. The molecule has 0 heterocycles. The van der Waals surface area contributed by atoms with E-state index in [1.807, 2.05) is 0 Å². The van der Waals surface area contributed by atoms with Crippen LogP contribution in [0, 0.1) is 11.8 Å². The Balaban J connectivity index is 2.57. The number of nitrogens with one attached hydrogen (secondary N) is 1. The highest BCUT2D eigenvalue weighted by molar-refractivity contribution is 7.92. The van der Waals surface area contributed by atoms with Crippen LogP contribution in [0.3, 0.4) is 0 Å². The summed E-state index contributed by atoms with van der Waals surface area (Å²) in [6.45, 7) is 3.92. The topological polar surface area (TPSA) is 89.3 Å². The molecule has 1 aliphatic rings. The standard InChI is InChI=1S/C12H24N2O3S/c1-12(2,18(3,16)17)8-14-11(15)10-6-4-5-9(10)7-13/h9-10H,4-8,13H2,1-3H3,(H,14,15). The molecule has 0 spiro atoms.